The zero-order chi connectivity index (χ0) is 29.9. The SMILES string of the molecule is O=C(O)CCNC(=O)c1ccc([C@@H]2[C@@H](C(=O)c3ccc(OC(F)(F)F)cc3)[C@@H]2c2ccc(C3CCCCC3)cc2)cc1. The van der Waals surface area contributed by atoms with Gasteiger partial charge in [0.2, 0.25) is 0 Å². The molecule has 3 aromatic rings. The number of hydrogen-bond donors (Lipinski definition) is 2. The van der Waals surface area contributed by atoms with E-state index < -0.39 is 24.0 Å². The quantitative estimate of drug-likeness (QED) is 0.248. The highest BCUT2D eigenvalue weighted by Gasteiger charge is 2.55. The summed E-state index contributed by atoms with van der Waals surface area (Å²) in [7, 11) is 0. The standard InChI is InChI=1S/C33H32F3NO5/c34-33(35,36)42-26-16-14-24(15-17-26)31(40)30-28(22-8-6-21(7-9-22)20-4-2-1-3-5-20)29(30)23-10-12-25(13-11-23)32(41)37-19-18-27(38)39/h6-17,20,28-30H,1-5,18-19H2,(H,37,41)(H,38,39)/t28-,29+,30+/m1/s1. The highest BCUT2D eigenvalue weighted by molar-refractivity contribution is 6.02. The Hall–Kier alpha value is -4.14. The molecule has 0 spiro atoms. The molecule has 0 bridgehead atoms. The number of ketones is 1. The number of carbonyl (C=O) groups excluding carboxylic acids is 2. The Morgan fingerprint density at radius 3 is 1.83 bits per heavy atom. The van der Waals surface area contributed by atoms with Gasteiger partial charge < -0.3 is 15.2 Å². The molecule has 2 fully saturated rings. The molecule has 0 saturated heterocycles. The summed E-state index contributed by atoms with van der Waals surface area (Å²) >= 11 is 0. The number of carbonyl (C=O) groups is 3. The normalized spacial score (nSPS) is 20.5. The van der Waals surface area contributed by atoms with Crippen molar-refractivity contribution in [1.82, 2.24) is 5.32 Å². The first-order valence-electron chi connectivity index (χ1n) is 14.2. The molecule has 5 rings (SSSR count). The third-order valence-corrected chi connectivity index (χ3v) is 8.28. The Morgan fingerprint density at radius 1 is 0.762 bits per heavy atom. The molecule has 0 aromatic heterocycles. The van der Waals surface area contributed by atoms with Gasteiger partial charge in [-0.25, -0.2) is 0 Å². The van der Waals surface area contributed by atoms with E-state index in [4.69, 9.17) is 5.11 Å². The summed E-state index contributed by atoms with van der Waals surface area (Å²) < 4.78 is 41.7. The second-order valence-corrected chi connectivity index (χ2v) is 11.0. The van der Waals surface area contributed by atoms with Gasteiger partial charge >= 0.3 is 12.3 Å². The summed E-state index contributed by atoms with van der Waals surface area (Å²) in [4.78, 5) is 36.8. The van der Waals surface area contributed by atoms with Crippen LogP contribution in [0.3, 0.4) is 0 Å². The third kappa shape index (κ3) is 7.01. The lowest BCUT2D eigenvalue weighted by Gasteiger charge is -2.22. The molecule has 42 heavy (non-hydrogen) atoms. The first-order valence-corrected chi connectivity index (χ1v) is 14.2. The topological polar surface area (TPSA) is 92.7 Å². The number of ether oxygens (including phenoxy) is 1. The van der Waals surface area contributed by atoms with Crippen LogP contribution in [-0.2, 0) is 4.79 Å². The van der Waals surface area contributed by atoms with Crippen molar-refractivity contribution in [2.45, 2.75) is 62.6 Å². The number of Topliss-reactive ketones (excluding diaryl/α,β-unsaturated/α-hetero) is 1. The number of nitrogens with one attached hydrogen (secondary N) is 1. The number of aliphatic carboxylic acids is 1. The smallest absolute Gasteiger partial charge is 0.481 e. The minimum atomic E-state index is -4.82. The van der Waals surface area contributed by atoms with Crippen molar-refractivity contribution < 1.29 is 37.4 Å². The molecule has 2 aliphatic carbocycles. The number of halogens is 3. The summed E-state index contributed by atoms with van der Waals surface area (Å²) in [5.74, 6) is -2.12. The van der Waals surface area contributed by atoms with E-state index in [1.807, 2.05) is 0 Å². The Labute approximate surface area is 241 Å². The second-order valence-electron chi connectivity index (χ2n) is 11.0. The fourth-order valence-electron chi connectivity index (χ4n) is 6.15. The second kappa shape index (κ2) is 12.4. The molecule has 2 N–H and O–H groups in total. The molecule has 0 aliphatic heterocycles. The van der Waals surface area contributed by atoms with Gasteiger partial charge in [-0.05, 0) is 71.8 Å². The number of hydrogen-bond acceptors (Lipinski definition) is 4. The molecule has 2 saturated carbocycles. The van der Waals surface area contributed by atoms with Crippen molar-refractivity contribution in [2.75, 3.05) is 6.54 Å². The molecule has 6 nitrogen and oxygen atoms in total. The monoisotopic (exact) mass is 579 g/mol. The van der Waals surface area contributed by atoms with Crippen molar-refractivity contribution in [3.05, 3.63) is 101 Å². The molecule has 0 heterocycles. The number of alkyl halides is 3. The van der Waals surface area contributed by atoms with E-state index in [0.717, 1.165) is 23.3 Å². The molecular weight excluding hydrogens is 547 g/mol. The van der Waals surface area contributed by atoms with E-state index in [1.165, 1.54) is 49.8 Å². The summed E-state index contributed by atoms with van der Waals surface area (Å²) in [6.07, 6.45) is 1.09. The Bertz CT molecular complexity index is 1410. The predicted molar refractivity (Wildman–Crippen MR) is 150 cm³/mol. The third-order valence-electron chi connectivity index (χ3n) is 8.28. The number of amides is 1. The van der Waals surface area contributed by atoms with Crippen LogP contribution in [0.1, 0.15) is 93.7 Å². The largest absolute Gasteiger partial charge is 0.573 e. The van der Waals surface area contributed by atoms with Crippen molar-refractivity contribution in [1.29, 1.82) is 0 Å². The van der Waals surface area contributed by atoms with E-state index in [0.29, 0.717) is 17.0 Å². The van der Waals surface area contributed by atoms with E-state index in [2.05, 4.69) is 34.3 Å². The van der Waals surface area contributed by atoms with Crippen LogP contribution in [0, 0.1) is 5.92 Å². The van der Waals surface area contributed by atoms with Crippen molar-refractivity contribution in [3.8, 4) is 5.75 Å². The fraction of sp³-hybridized carbons (Fsp3) is 0.364. The minimum Gasteiger partial charge on any atom is -0.481 e. The number of benzene rings is 3. The van der Waals surface area contributed by atoms with Gasteiger partial charge in [0.05, 0.1) is 6.42 Å². The van der Waals surface area contributed by atoms with Crippen molar-refractivity contribution in [2.24, 2.45) is 5.92 Å². The molecule has 9 heteroatoms. The number of rotatable bonds is 10. The summed E-state index contributed by atoms with van der Waals surface area (Å²) in [6.45, 7) is 0.0147. The molecule has 1 amide bonds. The van der Waals surface area contributed by atoms with Gasteiger partial charge in [0, 0.05) is 35.4 Å². The van der Waals surface area contributed by atoms with Crippen LogP contribution >= 0.6 is 0 Å². The van der Waals surface area contributed by atoms with Crippen molar-refractivity contribution >= 4 is 17.7 Å². The molecule has 0 radical (unpaired) electrons. The van der Waals surface area contributed by atoms with Gasteiger partial charge in [0.15, 0.2) is 5.78 Å². The maximum atomic E-state index is 13.7. The minimum absolute atomic E-state index is 0.0147. The number of carboxylic acids is 1. The number of carboxylic acid groups (broad SMARTS) is 1. The van der Waals surface area contributed by atoms with Crippen LogP contribution in [0.25, 0.3) is 0 Å². The Morgan fingerprint density at radius 2 is 1.29 bits per heavy atom. The molecule has 220 valence electrons. The van der Waals surface area contributed by atoms with Gasteiger partial charge in [-0.2, -0.15) is 0 Å². The lowest BCUT2D eigenvalue weighted by molar-refractivity contribution is -0.274. The first kappa shape index (κ1) is 29.4. The molecule has 3 aromatic carbocycles. The lowest BCUT2D eigenvalue weighted by Crippen LogP contribution is -2.25. The van der Waals surface area contributed by atoms with E-state index >= 15 is 0 Å². The van der Waals surface area contributed by atoms with Crippen LogP contribution in [0.15, 0.2) is 72.8 Å². The molecule has 2 aliphatic rings. The van der Waals surface area contributed by atoms with Crippen LogP contribution in [0.2, 0.25) is 0 Å². The van der Waals surface area contributed by atoms with Gasteiger partial charge in [-0.1, -0.05) is 55.7 Å². The van der Waals surface area contributed by atoms with E-state index in [1.54, 1.807) is 24.3 Å². The summed E-state index contributed by atoms with van der Waals surface area (Å²) in [6, 6.07) is 20.4. The zero-order valence-electron chi connectivity index (χ0n) is 22.9. The summed E-state index contributed by atoms with van der Waals surface area (Å²) in [5.41, 5.74) is 3.87. The van der Waals surface area contributed by atoms with E-state index in [-0.39, 0.29) is 36.5 Å². The Kier molecular flexibility index (Phi) is 8.66. The predicted octanol–water partition coefficient (Wildman–Crippen LogP) is 7.22. The zero-order valence-corrected chi connectivity index (χ0v) is 22.9. The highest BCUT2D eigenvalue weighted by atomic mass is 19.4. The van der Waals surface area contributed by atoms with Gasteiger partial charge in [0.1, 0.15) is 5.75 Å². The lowest BCUT2D eigenvalue weighted by atomic mass is 9.83. The van der Waals surface area contributed by atoms with Crippen molar-refractivity contribution in [3.63, 3.8) is 0 Å². The van der Waals surface area contributed by atoms with Gasteiger partial charge in [0.25, 0.3) is 5.91 Å². The molecule has 0 unspecified atom stereocenters. The van der Waals surface area contributed by atoms with Crippen LogP contribution in [0.4, 0.5) is 13.2 Å². The van der Waals surface area contributed by atoms with Crippen LogP contribution in [0.5, 0.6) is 5.75 Å². The Balaban J connectivity index is 1.36. The highest BCUT2D eigenvalue weighted by Crippen LogP contribution is 2.61. The first-order chi connectivity index (χ1) is 20.1. The average Bonchev–Trinajstić information content (AvgIpc) is 3.72. The fourth-order valence-corrected chi connectivity index (χ4v) is 6.15. The summed E-state index contributed by atoms with van der Waals surface area (Å²) in [5, 5.41) is 11.4. The maximum Gasteiger partial charge on any atom is 0.573 e. The van der Waals surface area contributed by atoms with Gasteiger partial charge in [-0.3, -0.25) is 14.4 Å². The average molecular weight is 580 g/mol. The van der Waals surface area contributed by atoms with E-state index in [9.17, 15) is 27.6 Å². The van der Waals surface area contributed by atoms with Gasteiger partial charge in [-0.15, -0.1) is 13.2 Å². The maximum absolute atomic E-state index is 13.7. The van der Waals surface area contributed by atoms with Crippen LogP contribution in [-0.4, -0.2) is 35.7 Å². The molecule has 3 atom stereocenters. The van der Waals surface area contributed by atoms with Crippen LogP contribution < -0.4 is 10.1 Å². The molecular formula is C33H32F3NO5.